The van der Waals surface area contributed by atoms with Crippen LogP contribution in [0.3, 0.4) is 0 Å². The fourth-order valence-corrected chi connectivity index (χ4v) is 4.81. The number of aliphatic hydroxyl groups is 2. The van der Waals surface area contributed by atoms with Gasteiger partial charge in [-0.3, -0.25) is 19.2 Å². The van der Waals surface area contributed by atoms with Crippen molar-refractivity contribution in [3.8, 4) is 0 Å². The summed E-state index contributed by atoms with van der Waals surface area (Å²) in [5.41, 5.74) is 0.912. The van der Waals surface area contributed by atoms with E-state index in [0.29, 0.717) is 12.3 Å². The summed E-state index contributed by atoms with van der Waals surface area (Å²) in [6, 6.07) is 5.23. The molecular weight excluding hydrogens is 590 g/mol. The molecule has 0 heterocycles. The van der Waals surface area contributed by atoms with Gasteiger partial charge in [-0.05, 0) is 42.2 Å². The molecular formula is C30H49N5O8S. The number of benzene rings is 1. The van der Waals surface area contributed by atoms with Crippen LogP contribution in [-0.2, 0) is 25.7 Å². The van der Waals surface area contributed by atoms with Crippen LogP contribution in [0.15, 0.2) is 30.3 Å². The quantitative estimate of drug-likeness (QED) is 0.108. The predicted molar refractivity (Wildman–Crippen MR) is 169 cm³/mol. The first-order valence-electron chi connectivity index (χ1n) is 14.7. The lowest BCUT2D eigenvalue weighted by Gasteiger charge is -2.29. The number of amides is 5. The lowest BCUT2D eigenvalue weighted by molar-refractivity contribution is -0.133. The van der Waals surface area contributed by atoms with Crippen molar-refractivity contribution < 1.29 is 39.3 Å². The molecule has 14 heteroatoms. The van der Waals surface area contributed by atoms with Gasteiger partial charge in [-0.1, -0.05) is 65.0 Å². The van der Waals surface area contributed by atoms with E-state index in [4.69, 9.17) is 5.11 Å². The first-order valence-corrected chi connectivity index (χ1v) is 16.1. The first kappa shape index (κ1) is 38.7. The molecule has 0 bridgehead atoms. The van der Waals surface area contributed by atoms with Crippen LogP contribution in [0, 0.1) is 17.8 Å². The zero-order valence-corrected chi connectivity index (χ0v) is 27.1. The maximum absolute atomic E-state index is 13.1. The molecule has 0 aromatic heterocycles. The van der Waals surface area contributed by atoms with E-state index < -0.39 is 66.6 Å². The van der Waals surface area contributed by atoms with Crippen molar-refractivity contribution >= 4 is 41.5 Å². The average Bonchev–Trinajstić information content (AvgIpc) is 2.97. The number of carbonyl (C=O) groups excluding carboxylic acids is 4. The van der Waals surface area contributed by atoms with Crippen LogP contribution in [0.5, 0.6) is 0 Å². The Balaban J connectivity index is 2.84. The molecule has 0 aliphatic rings. The number of carbonyl (C=O) groups is 5. The van der Waals surface area contributed by atoms with Gasteiger partial charge in [0.1, 0.15) is 18.1 Å². The van der Waals surface area contributed by atoms with E-state index in [9.17, 15) is 34.2 Å². The maximum atomic E-state index is 13.1. The van der Waals surface area contributed by atoms with Crippen molar-refractivity contribution in [3.05, 3.63) is 35.9 Å². The zero-order chi connectivity index (χ0) is 33.4. The smallest absolute Gasteiger partial charge is 0.405 e. The van der Waals surface area contributed by atoms with Crippen molar-refractivity contribution in [1.29, 1.82) is 0 Å². The fourth-order valence-electron chi connectivity index (χ4n) is 4.34. The van der Waals surface area contributed by atoms with Gasteiger partial charge in [0.15, 0.2) is 0 Å². The van der Waals surface area contributed by atoms with Crippen LogP contribution in [0.2, 0.25) is 0 Å². The lowest BCUT2D eigenvalue weighted by atomic mass is 9.96. The summed E-state index contributed by atoms with van der Waals surface area (Å²) in [4.78, 5) is 62.9. The van der Waals surface area contributed by atoms with Crippen LogP contribution < -0.4 is 26.6 Å². The minimum Gasteiger partial charge on any atom is -0.465 e. The summed E-state index contributed by atoms with van der Waals surface area (Å²) in [6.07, 6.45) is -0.801. The molecule has 248 valence electrons. The monoisotopic (exact) mass is 639 g/mol. The minimum atomic E-state index is -1.38. The summed E-state index contributed by atoms with van der Waals surface area (Å²) < 4.78 is 0. The fraction of sp³-hybridized carbons (Fsp3) is 0.633. The summed E-state index contributed by atoms with van der Waals surface area (Å²) >= 11 is 1.44. The highest BCUT2D eigenvalue weighted by atomic mass is 32.2. The first-order chi connectivity index (χ1) is 20.7. The molecule has 8 N–H and O–H groups in total. The van der Waals surface area contributed by atoms with E-state index in [2.05, 4.69) is 26.6 Å². The van der Waals surface area contributed by atoms with Crippen molar-refractivity contribution in [3.63, 3.8) is 0 Å². The molecule has 0 spiro atoms. The van der Waals surface area contributed by atoms with Gasteiger partial charge < -0.3 is 41.9 Å². The third-order valence-corrected chi connectivity index (χ3v) is 7.70. The van der Waals surface area contributed by atoms with Crippen molar-refractivity contribution in [1.82, 2.24) is 26.6 Å². The van der Waals surface area contributed by atoms with Crippen LogP contribution in [0.25, 0.3) is 0 Å². The Labute approximate surface area is 263 Å². The Kier molecular flexibility index (Phi) is 17.4. The Morgan fingerprint density at radius 2 is 1.39 bits per heavy atom. The van der Waals surface area contributed by atoms with Gasteiger partial charge in [-0.2, -0.15) is 11.8 Å². The molecule has 44 heavy (non-hydrogen) atoms. The van der Waals surface area contributed by atoms with Crippen LogP contribution in [-0.4, -0.2) is 93.9 Å². The SMILES string of the molecule is CSCC[C@H](NC(=O)[C@@H](NC(=O)O)C(C)C)C(=O)N[C@@H](CO)[C@@H](O)C[C@@H](C)C(=O)N[C@H](C(=O)NCc1ccccc1)C(C)C. The highest BCUT2D eigenvalue weighted by molar-refractivity contribution is 7.98. The van der Waals surface area contributed by atoms with Crippen molar-refractivity contribution in [2.75, 3.05) is 18.6 Å². The molecule has 0 radical (unpaired) electrons. The summed E-state index contributed by atoms with van der Waals surface area (Å²) in [7, 11) is 0. The lowest BCUT2D eigenvalue weighted by Crippen LogP contribution is -2.58. The Hall–Kier alpha value is -3.36. The minimum absolute atomic E-state index is 0.131. The number of thioether (sulfide) groups is 1. The number of rotatable bonds is 19. The molecule has 0 saturated heterocycles. The van der Waals surface area contributed by atoms with Crippen molar-refractivity contribution in [2.24, 2.45) is 17.8 Å². The third kappa shape index (κ3) is 13.5. The van der Waals surface area contributed by atoms with Crippen molar-refractivity contribution in [2.45, 2.75) is 84.3 Å². The highest BCUT2D eigenvalue weighted by Crippen LogP contribution is 2.13. The normalized spacial score (nSPS) is 15.3. The van der Waals surface area contributed by atoms with Gasteiger partial charge in [0.05, 0.1) is 18.8 Å². The number of hydrogen-bond donors (Lipinski definition) is 8. The Morgan fingerprint density at radius 3 is 1.91 bits per heavy atom. The molecule has 1 rings (SSSR count). The van der Waals surface area contributed by atoms with E-state index in [1.807, 2.05) is 36.6 Å². The van der Waals surface area contributed by atoms with Gasteiger partial charge in [0.25, 0.3) is 0 Å². The largest absolute Gasteiger partial charge is 0.465 e. The molecule has 1 aromatic carbocycles. The maximum Gasteiger partial charge on any atom is 0.405 e. The molecule has 1 aromatic rings. The molecule has 0 aliphatic heterocycles. The molecule has 5 amide bonds. The summed E-state index contributed by atoms with van der Waals surface area (Å²) in [6.45, 7) is 8.15. The van der Waals surface area contributed by atoms with Crippen LogP contribution in [0.4, 0.5) is 4.79 Å². The second-order valence-corrected chi connectivity index (χ2v) is 12.4. The average molecular weight is 640 g/mol. The van der Waals surface area contributed by atoms with Gasteiger partial charge in [0.2, 0.25) is 23.6 Å². The third-order valence-electron chi connectivity index (χ3n) is 7.06. The van der Waals surface area contributed by atoms with Gasteiger partial charge >= 0.3 is 6.09 Å². The molecule has 13 nitrogen and oxygen atoms in total. The standard InChI is InChI=1S/C30H49N5O8S/c1-17(2)24(28(40)31-15-20-10-8-7-9-11-20)34-26(38)19(5)14-23(37)22(16-36)33-27(39)21(12-13-44-6)32-29(41)25(18(3)4)35-30(42)43/h7-11,17-19,21-25,35-37H,12-16H2,1-6H3,(H,31,40)(H,32,41)(H,33,39)(H,34,38)(H,42,43)/t19-,21+,22+,23+,24+,25+/m1/s1. The van der Waals surface area contributed by atoms with E-state index in [0.717, 1.165) is 5.56 Å². The van der Waals surface area contributed by atoms with Gasteiger partial charge in [-0.25, -0.2) is 4.79 Å². The molecule has 0 saturated carbocycles. The van der Waals surface area contributed by atoms with Crippen LogP contribution in [0.1, 0.15) is 53.0 Å². The highest BCUT2D eigenvalue weighted by Gasteiger charge is 2.32. The number of nitrogens with one attached hydrogen (secondary N) is 5. The second-order valence-electron chi connectivity index (χ2n) is 11.4. The van der Waals surface area contributed by atoms with E-state index >= 15 is 0 Å². The van der Waals surface area contributed by atoms with Gasteiger partial charge in [0, 0.05) is 12.5 Å². The second kappa shape index (κ2) is 19.8. The number of hydrogen-bond acceptors (Lipinski definition) is 8. The zero-order valence-electron chi connectivity index (χ0n) is 26.3. The Bertz CT molecular complexity index is 1070. The molecule has 0 fully saturated rings. The molecule has 6 atom stereocenters. The van der Waals surface area contributed by atoms with E-state index in [1.54, 1.807) is 34.6 Å². The summed E-state index contributed by atoms with van der Waals surface area (Å²) in [5.74, 6) is -3.06. The van der Waals surface area contributed by atoms with Gasteiger partial charge in [-0.15, -0.1) is 0 Å². The van der Waals surface area contributed by atoms with E-state index in [-0.39, 0.29) is 30.6 Å². The number of carboxylic acid groups (broad SMARTS) is 1. The number of aliphatic hydroxyl groups excluding tert-OH is 2. The van der Waals surface area contributed by atoms with E-state index in [1.165, 1.54) is 11.8 Å². The predicted octanol–water partition coefficient (Wildman–Crippen LogP) is 0.838. The molecule has 0 aliphatic carbocycles. The molecule has 0 unspecified atom stereocenters. The van der Waals surface area contributed by atoms with Crippen LogP contribution >= 0.6 is 11.8 Å². The Morgan fingerprint density at radius 1 is 0.795 bits per heavy atom. The summed E-state index contributed by atoms with van der Waals surface area (Å²) in [5, 5.41) is 42.7. The topological polar surface area (TPSA) is 206 Å².